The lowest BCUT2D eigenvalue weighted by molar-refractivity contribution is 0.0138. The molecule has 0 bridgehead atoms. The van der Waals surface area contributed by atoms with Crippen molar-refractivity contribution in [2.24, 2.45) is 0 Å². The quantitative estimate of drug-likeness (QED) is 0.708. The van der Waals surface area contributed by atoms with Crippen LogP contribution in [0.3, 0.4) is 0 Å². The first kappa shape index (κ1) is 17.6. The molecule has 29 heavy (non-hydrogen) atoms. The molecule has 8 nitrogen and oxygen atoms in total. The van der Waals surface area contributed by atoms with Gasteiger partial charge in [0, 0.05) is 50.0 Å². The molecule has 1 fully saturated rings. The number of carbonyl (C=O) groups is 2. The van der Waals surface area contributed by atoms with Crippen molar-refractivity contribution >= 4 is 11.8 Å². The van der Waals surface area contributed by atoms with E-state index in [-0.39, 0.29) is 23.1 Å². The van der Waals surface area contributed by atoms with Crippen molar-refractivity contribution in [2.45, 2.75) is 24.9 Å². The lowest BCUT2D eigenvalue weighted by Crippen LogP contribution is -2.63. The third-order valence-corrected chi connectivity index (χ3v) is 5.84. The fourth-order valence-corrected chi connectivity index (χ4v) is 4.40. The number of likely N-dealkylation sites (tertiary alicyclic amines) is 1. The van der Waals surface area contributed by atoms with Gasteiger partial charge in [-0.05, 0) is 19.1 Å². The van der Waals surface area contributed by atoms with Crippen molar-refractivity contribution in [3.05, 3.63) is 71.6 Å². The van der Waals surface area contributed by atoms with E-state index in [4.69, 9.17) is 0 Å². The SMILES string of the molecule is Cc1[nH]ccc1C(=O)N1CC2(CC(NC(=O)c3ccncc3F)c3nccn32)C1. The summed E-state index contributed by atoms with van der Waals surface area (Å²) < 4.78 is 15.9. The Morgan fingerprint density at radius 1 is 1.28 bits per heavy atom. The summed E-state index contributed by atoms with van der Waals surface area (Å²) in [5.41, 5.74) is 1.16. The van der Waals surface area contributed by atoms with E-state index < -0.39 is 11.7 Å². The average molecular weight is 394 g/mol. The topological polar surface area (TPSA) is 95.9 Å². The summed E-state index contributed by atoms with van der Waals surface area (Å²) >= 11 is 0. The van der Waals surface area contributed by atoms with Crippen molar-refractivity contribution in [3.8, 4) is 0 Å². The number of carbonyl (C=O) groups excluding carboxylic acids is 2. The zero-order valence-electron chi connectivity index (χ0n) is 15.7. The van der Waals surface area contributed by atoms with Crippen molar-refractivity contribution in [1.29, 1.82) is 0 Å². The maximum Gasteiger partial charge on any atom is 0.255 e. The van der Waals surface area contributed by atoms with E-state index in [1.54, 1.807) is 23.4 Å². The summed E-state index contributed by atoms with van der Waals surface area (Å²) in [6.07, 6.45) is 8.31. The van der Waals surface area contributed by atoms with Crippen LogP contribution in [0.4, 0.5) is 4.39 Å². The Labute approximate surface area is 165 Å². The second-order valence-electron chi connectivity index (χ2n) is 7.64. The first-order valence-corrected chi connectivity index (χ1v) is 9.36. The number of imidazole rings is 1. The van der Waals surface area contributed by atoms with Crippen LogP contribution in [0.2, 0.25) is 0 Å². The number of H-pyrrole nitrogens is 1. The molecule has 148 valence electrons. The lowest BCUT2D eigenvalue weighted by atomic mass is 9.85. The molecule has 1 saturated heterocycles. The second kappa shape index (κ2) is 6.26. The number of pyridine rings is 1. The molecule has 2 aliphatic heterocycles. The highest BCUT2D eigenvalue weighted by Gasteiger charge is 2.54. The molecule has 1 spiro atoms. The molecular formula is C20H19FN6O2. The van der Waals surface area contributed by atoms with Crippen molar-refractivity contribution in [3.63, 3.8) is 0 Å². The molecule has 0 saturated carbocycles. The molecule has 1 atom stereocenters. The molecule has 3 aromatic heterocycles. The van der Waals surface area contributed by atoms with Gasteiger partial charge in [-0.2, -0.15) is 0 Å². The number of fused-ring (bicyclic) bond motifs is 2. The maximum atomic E-state index is 13.9. The number of nitrogens with one attached hydrogen (secondary N) is 2. The largest absolute Gasteiger partial charge is 0.365 e. The molecule has 3 aromatic rings. The number of nitrogens with zero attached hydrogens (tertiary/aromatic N) is 4. The van der Waals surface area contributed by atoms with Crippen LogP contribution >= 0.6 is 0 Å². The summed E-state index contributed by atoms with van der Waals surface area (Å²) in [4.78, 5) is 38.2. The molecule has 2 aliphatic rings. The second-order valence-corrected chi connectivity index (χ2v) is 7.64. The van der Waals surface area contributed by atoms with Crippen LogP contribution in [-0.2, 0) is 5.54 Å². The summed E-state index contributed by atoms with van der Waals surface area (Å²) in [6, 6.07) is 2.79. The van der Waals surface area contributed by atoms with Gasteiger partial charge in [0.2, 0.25) is 0 Å². The van der Waals surface area contributed by atoms with Crippen LogP contribution in [0.15, 0.2) is 43.1 Å². The average Bonchev–Trinajstić information content (AvgIpc) is 3.37. The third kappa shape index (κ3) is 2.65. The fraction of sp³-hybridized carbons (Fsp3) is 0.300. The highest BCUT2D eigenvalue weighted by molar-refractivity contribution is 5.96. The molecule has 2 N–H and O–H groups in total. The minimum Gasteiger partial charge on any atom is -0.365 e. The van der Waals surface area contributed by atoms with Gasteiger partial charge < -0.3 is 19.8 Å². The van der Waals surface area contributed by atoms with Crippen LogP contribution in [0.5, 0.6) is 0 Å². The van der Waals surface area contributed by atoms with Crippen molar-refractivity contribution < 1.29 is 14.0 Å². The summed E-state index contributed by atoms with van der Waals surface area (Å²) in [7, 11) is 0. The van der Waals surface area contributed by atoms with E-state index in [1.807, 2.05) is 17.7 Å². The molecule has 0 radical (unpaired) electrons. The number of aryl methyl sites for hydroxylation is 1. The first-order chi connectivity index (χ1) is 14.0. The summed E-state index contributed by atoms with van der Waals surface area (Å²) in [5, 5.41) is 2.88. The molecule has 0 aliphatic carbocycles. The molecular weight excluding hydrogens is 375 g/mol. The Morgan fingerprint density at radius 2 is 2.10 bits per heavy atom. The van der Waals surface area contributed by atoms with Gasteiger partial charge >= 0.3 is 0 Å². The summed E-state index contributed by atoms with van der Waals surface area (Å²) in [5.74, 6) is -0.458. The van der Waals surface area contributed by atoms with Gasteiger partial charge in [-0.25, -0.2) is 9.37 Å². The van der Waals surface area contributed by atoms with E-state index in [0.717, 1.165) is 17.7 Å². The van der Waals surface area contributed by atoms with Crippen LogP contribution in [-0.4, -0.2) is 49.3 Å². The zero-order chi connectivity index (χ0) is 20.2. The van der Waals surface area contributed by atoms with Crippen LogP contribution < -0.4 is 5.32 Å². The highest BCUT2D eigenvalue weighted by Crippen LogP contribution is 2.45. The molecule has 1 unspecified atom stereocenters. The predicted molar refractivity (Wildman–Crippen MR) is 101 cm³/mol. The van der Waals surface area contributed by atoms with Crippen molar-refractivity contribution in [2.75, 3.05) is 13.1 Å². The number of halogens is 1. The Bertz CT molecular complexity index is 1110. The van der Waals surface area contributed by atoms with Gasteiger partial charge in [-0.1, -0.05) is 0 Å². The van der Waals surface area contributed by atoms with Crippen LogP contribution in [0.1, 0.15) is 44.7 Å². The number of aromatic amines is 1. The molecule has 2 amide bonds. The maximum absolute atomic E-state index is 13.9. The number of amides is 2. The van der Waals surface area contributed by atoms with Gasteiger partial charge in [-0.15, -0.1) is 0 Å². The van der Waals surface area contributed by atoms with Crippen LogP contribution in [0, 0.1) is 12.7 Å². The van der Waals surface area contributed by atoms with E-state index in [1.165, 1.54) is 12.3 Å². The van der Waals surface area contributed by atoms with Gasteiger partial charge in [0.1, 0.15) is 5.82 Å². The Morgan fingerprint density at radius 3 is 2.83 bits per heavy atom. The lowest BCUT2D eigenvalue weighted by Gasteiger charge is -2.49. The normalized spacial score (nSPS) is 19.1. The Hall–Kier alpha value is -3.49. The van der Waals surface area contributed by atoms with Gasteiger partial charge in [0.25, 0.3) is 11.8 Å². The first-order valence-electron chi connectivity index (χ1n) is 9.36. The molecule has 5 rings (SSSR count). The zero-order valence-corrected chi connectivity index (χ0v) is 15.7. The highest BCUT2D eigenvalue weighted by atomic mass is 19.1. The van der Waals surface area contributed by atoms with Gasteiger partial charge in [-0.3, -0.25) is 14.6 Å². The fourth-order valence-electron chi connectivity index (χ4n) is 4.40. The van der Waals surface area contributed by atoms with Crippen molar-refractivity contribution in [1.82, 2.24) is 29.7 Å². The minimum atomic E-state index is -0.664. The van der Waals surface area contributed by atoms with E-state index >= 15 is 0 Å². The Kier molecular flexibility index (Phi) is 3.80. The van der Waals surface area contributed by atoms with Crippen LogP contribution in [0.25, 0.3) is 0 Å². The Balaban J connectivity index is 1.34. The van der Waals surface area contributed by atoms with Gasteiger partial charge in [0.05, 0.1) is 28.9 Å². The predicted octanol–water partition coefficient (Wildman–Crippen LogP) is 1.78. The summed E-state index contributed by atoms with van der Waals surface area (Å²) in [6.45, 7) is 2.95. The van der Waals surface area contributed by atoms with E-state index in [9.17, 15) is 14.0 Å². The molecule has 0 aromatic carbocycles. The number of hydrogen-bond acceptors (Lipinski definition) is 4. The standard InChI is InChI=1S/C20H19FN6O2/c1-12-13(3-5-23-12)19(29)26-10-20(11-26)8-16(17-24-6-7-27(17)20)25-18(28)14-2-4-22-9-15(14)21/h2-7,9,16,23H,8,10-11H2,1H3,(H,25,28). The minimum absolute atomic E-state index is 0.0117. The number of hydrogen-bond donors (Lipinski definition) is 2. The van der Waals surface area contributed by atoms with Gasteiger partial charge in [0.15, 0.2) is 5.82 Å². The smallest absolute Gasteiger partial charge is 0.255 e. The molecule has 5 heterocycles. The van der Waals surface area contributed by atoms with E-state index in [0.29, 0.717) is 25.1 Å². The molecule has 9 heteroatoms. The third-order valence-electron chi connectivity index (χ3n) is 5.84. The monoisotopic (exact) mass is 394 g/mol. The number of rotatable bonds is 3. The van der Waals surface area contributed by atoms with E-state index in [2.05, 4.69) is 20.3 Å². The number of aromatic nitrogens is 4.